The van der Waals surface area contributed by atoms with Gasteiger partial charge in [0.25, 0.3) is 11.5 Å². The number of hydrogen-bond acceptors (Lipinski definition) is 4. The van der Waals surface area contributed by atoms with Gasteiger partial charge in [-0.25, -0.2) is 0 Å². The molecule has 2 amide bonds. The minimum absolute atomic E-state index is 0.0231. The Morgan fingerprint density at radius 2 is 1.84 bits per heavy atom. The number of nitrogens with zero attached hydrogens (tertiary/aromatic N) is 1. The summed E-state index contributed by atoms with van der Waals surface area (Å²) in [5.74, 6) is -0.564. The maximum atomic E-state index is 12.1. The Balaban J connectivity index is 1.94. The zero-order chi connectivity index (χ0) is 18.2. The topological polar surface area (TPSA) is 100 Å². The maximum Gasteiger partial charge on any atom is 0.251 e. The van der Waals surface area contributed by atoms with Gasteiger partial charge in [-0.05, 0) is 43.2 Å². The summed E-state index contributed by atoms with van der Waals surface area (Å²) in [6, 6.07) is 9.56. The highest BCUT2D eigenvalue weighted by molar-refractivity contribution is 5.95. The van der Waals surface area contributed by atoms with Crippen LogP contribution < -0.4 is 16.2 Å². The van der Waals surface area contributed by atoms with Gasteiger partial charge < -0.3 is 20.3 Å². The Hall–Kier alpha value is -2.93. The van der Waals surface area contributed by atoms with E-state index in [-0.39, 0.29) is 30.5 Å². The molecular weight excluding hydrogens is 322 g/mol. The lowest BCUT2D eigenvalue weighted by Gasteiger charge is -2.09. The molecule has 0 fully saturated rings. The second-order valence-electron chi connectivity index (χ2n) is 5.63. The summed E-state index contributed by atoms with van der Waals surface area (Å²) < 4.78 is 1.34. The Labute approximate surface area is 145 Å². The minimum Gasteiger partial charge on any atom is -0.396 e. The summed E-state index contributed by atoms with van der Waals surface area (Å²) >= 11 is 0. The van der Waals surface area contributed by atoms with Gasteiger partial charge in [-0.2, -0.15) is 0 Å². The molecule has 1 aromatic heterocycles. The highest BCUT2D eigenvalue weighted by atomic mass is 16.3. The molecule has 0 radical (unpaired) electrons. The number of aliphatic hydroxyl groups excluding tert-OH is 1. The molecule has 0 atom stereocenters. The summed E-state index contributed by atoms with van der Waals surface area (Å²) in [4.78, 5) is 35.6. The van der Waals surface area contributed by atoms with Crippen molar-refractivity contribution in [1.29, 1.82) is 0 Å². The second-order valence-corrected chi connectivity index (χ2v) is 5.63. The molecule has 25 heavy (non-hydrogen) atoms. The Bertz CT molecular complexity index is 797. The third kappa shape index (κ3) is 5.58. The number of anilines is 1. The van der Waals surface area contributed by atoms with Crippen molar-refractivity contribution < 1.29 is 14.7 Å². The Morgan fingerprint density at radius 1 is 1.12 bits per heavy atom. The lowest BCUT2D eigenvalue weighted by Crippen LogP contribution is -2.27. The van der Waals surface area contributed by atoms with Crippen LogP contribution in [0.5, 0.6) is 0 Å². The summed E-state index contributed by atoms with van der Waals surface area (Å²) in [5.41, 5.74) is 1.66. The van der Waals surface area contributed by atoms with Crippen molar-refractivity contribution >= 4 is 17.5 Å². The predicted octanol–water partition coefficient (Wildman–Crippen LogP) is 0.908. The maximum absolute atomic E-state index is 12.1. The van der Waals surface area contributed by atoms with Crippen LogP contribution >= 0.6 is 0 Å². The largest absolute Gasteiger partial charge is 0.396 e. The van der Waals surface area contributed by atoms with Crippen LogP contribution in [0.25, 0.3) is 0 Å². The molecule has 0 aliphatic heterocycles. The van der Waals surface area contributed by atoms with E-state index in [4.69, 9.17) is 5.11 Å². The van der Waals surface area contributed by atoms with Gasteiger partial charge >= 0.3 is 0 Å². The Morgan fingerprint density at radius 3 is 2.52 bits per heavy atom. The van der Waals surface area contributed by atoms with Crippen molar-refractivity contribution in [3.05, 3.63) is 64.1 Å². The number of carbonyl (C=O) groups excluding carboxylic acids is 2. The molecule has 7 nitrogen and oxygen atoms in total. The number of nitrogens with one attached hydrogen (secondary N) is 2. The third-order valence-corrected chi connectivity index (χ3v) is 3.50. The quantitative estimate of drug-likeness (QED) is 0.651. The van der Waals surface area contributed by atoms with Crippen LogP contribution in [-0.2, 0) is 11.3 Å². The molecule has 3 N–H and O–H groups in total. The van der Waals surface area contributed by atoms with Crippen LogP contribution in [0.3, 0.4) is 0 Å². The van der Waals surface area contributed by atoms with Crippen LogP contribution in [0, 0.1) is 6.92 Å². The van der Waals surface area contributed by atoms with Gasteiger partial charge in [-0.3, -0.25) is 14.4 Å². The van der Waals surface area contributed by atoms with Crippen LogP contribution in [0.15, 0.2) is 47.4 Å². The van der Waals surface area contributed by atoms with Crippen molar-refractivity contribution in [2.45, 2.75) is 19.9 Å². The van der Waals surface area contributed by atoms with Gasteiger partial charge in [-0.15, -0.1) is 0 Å². The van der Waals surface area contributed by atoms with Crippen LogP contribution in [0.2, 0.25) is 0 Å². The first-order chi connectivity index (χ1) is 12.0. The van der Waals surface area contributed by atoms with E-state index in [9.17, 15) is 14.4 Å². The van der Waals surface area contributed by atoms with E-state index >= 15 is 0 Å². The highest BCUT2D eigenvalue weighted by Crippen LogP contribution is 2.09. The highest BCUT2D eigenvalue weighted by Gasteiger charge is 2.07. The lowest BCUT2D eigenvalue weighted by molar-refractivity contribution is -0.116. The Kier molecular flexibility index (Phi) is 6.47. The monoisotopic (exact) mass is 343 g/mol. The number of hydrogen-bond donors (Lipinski definition) is 3. The minimum atomic E-state index is -0.326. The number of pyridine rings is 1. The summed E-state index contributed by atoms with van der Waals surface area (Å²) in [7, 11) is 0. The summed E-state index contributed by atoms with van der Waals surface area (Å²) in [6.45, 7) is 2.19. The average molecular weight is 343 g/mol. The fourth-order valence-corrected chi connectivity index (χ4v) is 2.22. The van der Waals surface area contributed by atoms with Crippen molar-refractivity contribution in [3.8, 4) is 0 Å². The normalized spacial score (nSPS) is 10.3. The number of aryl methyl sites for hydroxylation is 1. The van der Waals surface area contributed by atoms with Crippen molar-refractivity contribution in [2.75, 3.05) is 18.5 Å². The van der Waals surface area contributed by atoms with Crippen LogP contribution in [0.1, 0.15) is 22.3 Å². The average Bonchev–Trinajstić information content (AvgIpc) is 2.59. The number of aliphatic hydroxyl groups is 1. The van der Waals surface area contributed by atoms with Gasteiger partial charge in [0.05, 0.1) is 0 Å². The molecule has 2 aromatic rings. The molecule has 1 aromatic carbocycles. The smallest absolute Gasteiger partial charge is 0.251 e. The first-order valence-corrected chi connectivity index (χ1v) is 7.95. The van der Waals surface area contributed by atoms with Gasteiger partial charge in [0.2, 0.25) is 5.91 Å². The summed E-state index contributed by atoms with van der Waals surface area (Å²) in [5, 5.41) is 14.1. The van der Waals surface area contributed by atoms with Crippen LogP contribution in [0.4, 0.5) is 5.69 Å². The SMILES string of the molecule is Cc1ccc(=O)n(CC(=O)Nc2ccc(C(=O)NCCCO)cc2)c1. The van der Waals surface area contributed by atoms with E-state index < -0.39 is 0 Å². The predicted molar refractivity (Wildman–Crippen MR) is 94.5 cm³/mol. The van der Waals surface area contributed by atoms with E-state index in [1.165, 1.54) is 10.6 Å². The standard InChI is InChI=1S/C18H21N3O4/c1-13-3-8-17(24)21(11-13)12-16(23)20-15-6-4-14(5-7-15)18(25)19-9-2-10-22/h3-8,11,22H,2,9-10,12H2,1H3,(H,19,25)(H,20,23). The number of amides is 2. The van der Waals surface area contributed by atoms with E-state index in [1.54, 1.807) is 36.5 Å². The molecule has 0 aliphatic rings. The molecule has 0 aliphatic carbocycles. The van der Waals surface area contributed by atoms with Crippen molar-refractivity contribution in [1.82, 2.24) is 9.88 Å². The van der Waals surface area contributed by atoms with E-state index in [0.29, 0.717) is 24.2 Å². The van der Waals surface area contributed by atoms with Crippen molar-refractivity contribution in [3.63, 3.8) is 0 Å². The molecular formula is C18H21N3O4. The van der Waals surface area contributed by atoms with Gasteiger partial charge in [0, 0.05) is 36.7 Å². The number of benzene rings is 1. The molecule has 132 valence electrons. The van der Waals surface area contributed by atoms with Crippen molar-refractivity contribution in [2.24, 2.45) is 0 Å². The molecule has 2 rings (SSSR count). The molecule has 0 bridgehead atoms. The first kappa shape index (κ1) is 18.4. The fourth-order valence-electron chi connectivity index (χ4n) is 2.22. The van der Waals surface area contributed by atoms with Crippen LogP contribution in [-0.4, -0.2) is 34.6 Å². The molecule has 7 heteroatoms. The molecule has 0 saturated heterocycles. The number of aromatic nitrogens is 1. The van der Waals surface area contributed by atoms with E-state index in [1.807, 2.05) is 6.92 Å². The molecule has 0 saturated carbocycles. The number of carbonyl (C=O) groups is 2. The lowest BCUT2D eigenvalue weighted by atomic mass is 10.2. The molecule has 0 spiro atoms. The zero-order valence-electron chi connectivity index (χ0n) is 14.0. The molecule has 0 unspecified atom stereocenters. The second kappa shape index (κ2) is 8.79. The third-order valence-electron chi connectivity index (χ3n) is 3.50. The van der Waals surface area contributed by atoms with E-state index in [0.717, 1.165) is 5.56 Å². The number of rotatable bonds is 7. The fraction of sp³-hybridized carbons (Fsp3) is 0.278. The zero-order valence-corrected chi connectivity index (χ0v) is 14.0. The van der Waals surface area contributed by atoms with Gasteiger partial charge in [-0.1, -0.05) is 6.07 Å². The first-order valence-electron chi connectivity index (χ1n) is 7.95. The van der Waals surface area contributed by atoms with Gasteiger partial charge in [0.1, 0.15) is 6.54 Å². The molecule has 1 heterocycles. The summed E-state index contributed by atoms with van der Waals surface area (Å²) in [6.07, 6.45) is 2.12. The van der Waals surface area contributed by atoms with Gasteiger partial charge in [0.15, 0.2) is 0 Å². The van der Waals surface area contributed by atoms with E-state index in [2.05, 4.69) is 10.6 Å².